The van der Waals surface area contributed by atoms with Crippen molar-refractivity contribution < 1.29 is 27.2 Å². The smallest absolute Gasteiger partial charge is 0.471 e. The average Bonchev–Trinajstić information content (AvgIpc) is 3.31. The minimum atomic E-state index is -4.69. The van der Waals surface area contributed by atoms with Gasteiger partial charge in [0.2, 0.25) is 11.7 Å². The van der Waals surface area contributed by atoms with Gasteiger partial charge < -0.3 is 14.6 Å². The maximum absolute atomic E-state index is 12.6. The van der Waals surface area contributed by atoms with E-state index in [-0.39, 0.29) is 24.4 Å². The van der Waals surface area contributed by atoms with Gasteiger partial charge in [-0.2, -0.15) is 29.9 Å². The van der Waals surface area contributed by atoms with E-state index in [0.717, 1.165) is 11.3 Å². The Morgan fingerprint density at radius 3 is 2.55 bits per heavy atom. The molecule has 10 heteroatoms. The van der Waals surface area contributed by atoms with Gasteiger partial charge >= 0.3 is 12.1 Å². The number of amides is 1. The van der Waals surface area contributed by atoms with Crippen molar-refractivity contribution in [2.75, 3.05) is 18.6 Å². The van der Waals surface area contributed by atoms with E-state index in [1.54, 1.807) is 42.1 Å². The zero-order chi connectivity index (χ0) is 23.7. The highest BCUT2D eigenvalue weighted by atomic mass is 32.2. The second-order valence-corrected chi connectivity index (χ2v) is 7.97. The van der Waals surface area contributed by atoms with Crippen molar-refractivity contribution in [3.05, 3.63) is 72.1 Å². The Bertz CT molecular complexity index is 1050. The third kappa shape index (κ3) is 7.67. The molecule has 1 heterocycles. The van der Waals surface area contributed by atoms with Crippen molar-refractivity contribution in [3.8, 4) is 17.1 Å². The summed E-state index contributed by atoms with van der Waals surface area (Å²) in [6.07, 6.45) is 1.23. The minimum absolute atomic E-state index is 0.163. The Morgan fingerprint density at radius 2 is 1.91 bits per heavy atom. The zero-order valence-corrected chi connectivity index (χ0v) is 18.5. The van der Waals surface area contributed by atoms with Gasteiger partial charge in [-0.15, -0.1) is 0 Å². The van der Waals surface area contributed by atoms with Gasteiger partial charge in [-0.1, -0.05) is 35.5 Å². The second-order valence-electron chi connectivity index (χ2n) is 6.99. The Kier molecular flexibility index (Phi) is 8.53. The molecule has 0 radical (unpaired) electrons. The van der Waals surface area contributed by atoms with Crippen LogP contribution in [0.4, 0.5) is 13.2 Å². The summed E-state index contributed by atoms with van der Waals surface area (Å²) in [6, 6.07) is 15.6. The summed E-state index contributed by atoms with van der Waals surface area (Å²) in [7, 11) is 0. The number of nitrogens with one attached hydrogen (secondary N) is 1. The van der Waals surface area contributed by atoms with E-state index >= 15 is 0 Å². The number of nitrogens with zero attached hydrogens (tertiary/aromatic N) is 2. The molecule has 0 spiro atoms. The number of halogens is 3. The monoisotopic (exact) mass is 477 g/mol. The highest BCUT2D eigenvalue weighted by Crippen LogP contribution is 2.29. The van der Waals surface area contributed by atoms with Crippen LogP contribution in [0.1, 0.15) is 17.9 Å². The zero-order valence-electron chi connectivity index (χ0n) is 17.7. The Balaban J connectivity index is 1.57. The molecule has 6 nitrogen and oxygen atoms in total. The molecular weight excluding hydrogens is 455 g/mol. The molecule has 0 aliphatic carbocycles. The van der Waals surface area contributed by atoms with Gasteiger partial charge in [0.25, 0.3) is 0 Å². The first-order chi connectivity index (χ1) is 15.8. The summed E-state index contributed by atoms with van der Waals surface area (Å²) in [5, 5.41) is 6.30. The number of rotatable bonds is 10. The van der Waals surface area contributed by atoms with Gasteiger partial charge in [0.15, 0.2) is 0 Å². The molecule has 0 fully saturated rings. The number of hydrogen-bond acceptors (Lipinski definition) is 6. The van der Waals surface area contributed by atoms with Crippen molar-refractivity contribution in [1.82, 2.24) is 15.5 Å². The van der Waals surface area contributed by atoms with Crippen molar-refractivity contribution in [2.45, 2.75) is 18.6 Å². The maximum Gasteiger partial charge on any atom is 0.471 e. The number of hydrogen-bond donors (Lipinski definition) is 1. The number of aromatic nitrogens is 2. The first-order valence-corrected chi connectivity index (χ1v) is 11.4. The molecule has 1 aromatic heterocycles. The fourth-order valence-electron chi connectivity index (χ4n) is 2.80. The normalized spacial score (nSPS) is 12.6. The van der Waals surface area contributed by atoms with Gasteiger partial charge in [-0.05, 0) is 54.3 Å². The molecule has 33 heavy (non-hydrogen) atoms. The fourth-order valence-corrected chi connectivity index (χ4v) is 3.32. The minimum Gasteiger partial charge on any atom is -0.491 e. The lowest BCUT2D eigenvalue weighted by Gasteiger charge is -2.18. The first kappa shape index (κ1) is 24.4. The van der Waals surface area contributed by atoms with Crippen LogP contribution in [-0.2, 0) is 11.0 Å². The van der Waals surface area contributed by atoms with E-state index in [9.17, 15) is 18.0 Å². The Morgan fingerprint density at radius 1 is 1.18 bits per heavy atom. The molecule has 174 valence electrons. The lowest BCUT2D eigenvalue weighted by Crippen LogP contribution is -2.38. The topological polar surface area (TPSA) is 77.2 Å². The van der Waals surface area contributed by atoms with E-state index in [1.807, 2.05) is 36.6 Å². The van der Waals surface area contributed by atoms with Crippen LogP contribution in [0.5, 0.6) is 5.75 Å². The molecule has 3 rings (SSSR count). The SMILES string of the molecule is CSCC[C@H](COc1ccc(-c2noc(C(F)(F)F)n2)cc1)NC(=O)/C=C/c1ccccc1. The van der Waals surface area contributed by atoms with Crippen molar-refractivity contribution >= 4 is 23.7 Å². The highest BCUT2D eigenvalue weighted by Gasteiger charge is 2.38. The third-order valence-corrected chi connectivity index (χ3v) is 5.12. The van der Waals surface area contributed by atoms with Gasteiger partial charge in [-0.25, -0.2) is 0 Å². The second kappa shape index (κ2) is 11.6. The standard InChI is InChI=1S/C23H22F3N3O3S/c1-33-14-13-18(27-20(30)12-7-16-5-3-2-4-6-16)15-31-19-10-8-17(9-11-19)21-28-22(32-29-21)23(24,25)26/h2-12,18H,13-15H2,1H3,(H,27,30)/b12-7+/t18-/m1/s1. The number of carbonyl (C=O) groups is 1. The fraction of sp³-hybridized carbons (Fsp3) is 0.261. The summed E-state index contributed by atoms with van der Waals surface area (Å²) in [5.41, 5.74) is 1.29. The summed E-state index contributed by atoms with van der Waals surface area (Å²) in [5.74, 6) is -0.437. The molecule has 2 aromatic carbocycles. The van der Waals surface area contributed by atoms with Gasteiger partial charge in [0.1, 0.15) is 12.4 Å². The predicted octanol–water partition coefficient (Wildman–Crippen LogP) is 5.09. The quantitative estimate of drug-likeness (QED) is 0.410. The van der Waals surface area contributed by atoms with Crippen molar-refractivity contribution in [3.63, 3.8) is 0 Å². The first-order valence-electron chi connectivity index (χ1n) is 10.0. The van der Waals surface area contributed by atoms with Gasteiger partial charge in [0, 0.05) is 11.6 Å². The summed E-state index contributed by atoms with van der Waals surface area (Å²) >= 11 is 1.66. The molecule has 0 saturated heterocycles. The predicted molar refractivity (Wildman–Crippen MR) is 121 cm³/mol. The van der Waals surface area contributed by atoms with E-state index in [2.05, 4.69) is 20.0 Å². The van der Waals surface area contributed by atoms with E-state index in [1.165, 1.54) is 6.08 Å². The molecule has 1 N–H and O–H groups in total. The molecule has 3 aromatic rings. The molecule has 0 aliphatic heterocycles. The van der Waals surface area contributed by atoms with Crippen LogP contribution in [0.3, 0.4) is 0 Å². The van der Waals surface area contributed by atoms with Crippen molar-refractivity contribution in [1.29, 1.82) is 0 Å². The number of alkyl halides is 3. The molecular formula is C23H22F3N3O3S. The van der Waals surface area contributed by atoms with Crippen LogP contribution < -0.4 is 10.1 Å². The lowest BCUT2D eigenvalue weighted by atomic mass is 10.2. The molecule has 1 atom stereocenters. The third-order valence-electron chi connectivity index (χ3n) is 4.48. The molecule has 0 saturated carbocycles. The molecule has 1 amide bonds. The molecule has 0 unspecified atom stereocenters. The number of thioether (sulfide) groups is 1. The number of carbonyl (C=O) groups excluding carboxylic acids is 1. The largest absolute Gasteiger partial charge is 0.491 e. The number of benzene rings is 2. The maximum atomic E-state index is 12.6. The summed E-state index contributed by atoms with van der Waals surface area (Å²) < 4.78 is 47.9. The van der Waals surface area contributed by atoms with Crippen LogP contribution in [0, 0.1) is 0 Å². The van der Waals surface area contributed by atoms with Crippen LogP contribution in [0.2, 0.25) is 0 Å². The molecule has 0 bridgehead atoms. The average molecular weight is 478 g/mol. The van der Waals surface area contributed by atoms with Crippen LogP contribution in [-0.4, -0.2) is 40.7 Å². The van der Waals surface area contributed by atoms with E-state index < -0.39 is 12.1 Å². The van der Waals surface area contributed by atoms with Crippen LogP contribution >= 0.6 is 11.8 Å². The Labute approximate surface area is 193 Å². The highest BCUT2D eigenvalue weighted by molar-refractivity contribution is 7.98. The van der Waals surface area contributed by atoms with E-state index in [0.29, 0.717) is 17.7 Å². The summed E-state index contributed by atoms with van der Waals surface area (Å²) in [4.78, 5) is 15.7. The Hall–Kier alpha value is -3.27. The van der Waals surface area contributed by atoms with Crippen LogP contribution in [0.25, 0.3) is 17.5 Å². The molecule has 0 aliphatic rings. The summed E-state index contributed by atoms with van der Waals surface area (Å²) in [6.45, 7) is 0.241. The van der Waals surface area contributed by atoms with Gasteiger partial charge in [0.05, 0.1) is 6.04 Å². The van der Waals surface area contributed by atoms with E-state index in [4.69, 9.17) is 4.74 Å². The lowest BCUT2D eigenvalue weighted by molar-refractivity contribution is -0.159. The van der Waals surface area contributed by atoms with Gasteiger partial charge in [-0.3, -0.25) is 4.79 Å². The van der Waals surface area contributed by atoms with Crippen molar-refractivity contribution in [2.24, 2.45) is 0 Å². The van der Waals surface area contributed by atoms with Crippen LogP contribution in [0.15, 0.2) is 65.2 Å². The number of ether oxygens (including phenoxy) is 1.